The number of unbranched alkanes of at least 4 members (excludes halogenated alkanes) is 1. The van der Waals surface area contributed by atoms with Crippen molar-refractivity contribution in [3.05, 3.63) is 18.3 Å². The fourth-order valence-electron chi connectivity index (χ4n) is 0.931. The van der Waals surface area contributed by atoms with Crippen LogP contribution in [0.15, 0.2) is 23.4 Å². The summed E-state index contributed by atoms with van der Waals surface area (Å²) in [7, 11) is 1.37. The average Bonchev–Trinajstić information content (AvgIpc) is 2.18. The van der Waals surface area contributed by atoms with Gasteiger partial charge < -0.3 is 4.74 Å². The zero-order valence-corrected chi connectivity index (χ0v) is 9.88. The highest BCUT2D eigenvalue weighted by atomic mass is 35.7. The van der Waals surface area contributed by atoms with Crippen molar-refractivity contribution in [2.45, 2.75) is 24.8 Å². The van der Waals surface area contributed by atoms with Crippen LogP contribution >= 0.6 is 10.7 Å². The normalized spacial score (nSPS) is 11.3. The summed E-state index contributed by atoms with van der Waals surface area (Å²) in [6.45, 7) is 2.66. The van der Waals surface area contributed by atoms with Gasteiger partial charge in [-0.1, -0.05) is 13.3 Å². The number of pyridine rings is 1. The van der Waals surface area contributed by atoms with Crippen LogP contribution in [0.1, 0.15) is 19.8 Å². The van der Waals surface area contributed by atoms with Gasteiger partial charge in [0.1, 0.15) is 5.75 Å². The van der Waals surface area contributed by atoms with Crippen LogP contribution in [-0.4, -0.2) is 20.0 Å². The van der Waals surface area contributed by atoms with Gasteiger partial charge in [0.2, 0.25) is 0 Å². The van der Waals surface area contributed by atoms with Crippen molar-refractivity contribution < 1.29 is 13.2 Å². The zero-order chi connectivity index (χ0) is 11.3. The number of rotatable bonds is 5. The maximum atomic E-state index is 10.9. The molecule has 0 aliphatic rings. The maximum Gasteiger partial charge on any atom is 0.278 e. The van der Waals surface area contributed by atoms with Crippen molar-refractivity contribution in [2.75, 3.05) is 6.61 Å². The number of halogens is 1. The van der Waals surface area contributed by atoms with E-state index in [2.05, 4.69) is 11.9 Å². The molecule has 0 spiro atoms. The summed E-state index contributed by atoms with van der Waals surface area (Å²) in [5.74, 6) is 0.549. The third-order valence-corrected chi connectivity index (χ3v) is 2.94. The Labute approximate surface area is 93.7 Å². The van der Waals surface area contributed by atoms with E-state index in [4.69, 9.17) is 15.4 Å². The number of ether oxygens (including phenoxy) is 1. The van der Waals surface area contributed by atoms with E-state index in [1.807, 2.05) is 0 Å². The molecule has 0 saturated heterocycles. The monoisotopic (exact) mass is 249 g/mol. The third kappa shape index (κ3) is 4.05. The van der Waals surface area contributed by atoms with Gasteiger partial charge in [-0.15, -0.1) is 0 Å². The van der Waals surface area contributed by atoms with Gasteiger partial charge in [0.25, 0.3) is 9.05 Å². The van der Waals surface area contributed by atoms with Crippen LogP contribution in [0.25, 0.3) is 0 Å². The smallest absolute Gasteiger partial charge is 0.278 e. The van der Waals surface area contributed by atoms with Crippen LogP contribution in [0.5, 0.6) is 5.75 Å². The van der Waals surface area contributed by atoms with E-state index < -0.39 is 9.05 Å². The zero-order valence-electron chi connectivity index (χ0n) is 8.31. The second-order valence-electron chi connectivity index (χ2n) is 2.97. The Bertz CT molecular complexity index is 402. The Hall–Kier alpha value is -0.810. The predicted molar refractivity (Wildman–Crippen MR) is 57.7 cm³/mol. The molecular weight excluding hydrogens is 238 g/mol. The highest BCUT2D eigenvalue weighted by Gasteiger charge is 2.10. The molecule has 4 nitrogen and oxygen atoms in total. The minimum absolute atomic E-state index is 0.160. The molecule has 1 aromatic rings. The molecular formula is C9H12ClNO3S. The summed E-state index contributed by atoms with van der Waals surface area (Å²) in [4.78, 5) is 3.68. The Balaban J connectivity index is 2.65. The predicted octanol–water partition coefficient (Wildman–Crippen LogP) is 2.19. The molecule has 0 aliphatic heterocycles. The van der Waals surface area contributed by atoms with Crippen molar-refractivity contribution in [1.29, 1.82) is 0 Å². The molecule has 0 fully saturated rings. The van der Waals surface area contributed by atoms with Gasteiger partial charge >= 0.3 is 0 Å². The lowest BCUT2D eigenvalue weighted by Crippen LogP contribution is -1.99. The van der Waals surface area contributed by atoms with E-state index in [0.717, 1.165) is 12.8 Å². The van der Waals surface area contributed by atoms with Gasteiger partial charge in [-0.3, -0.25) is 0 Å². The van der Waals surface area contributed by atoms with Crippen LogP contribution < -0.4 is 4.74 Å². The van der Waals surface area contributed by atoms with Gasteiger partial charge in [-0.05, 0) is 18.6 Å². The van der Waals surface area contributed by atoms with Gasteiger partial charge in [0.15, 0.2) is 5.03 Å². The molecule has 84 valence electrons. The molecule has 1 heterocycles. The number of hydrogen-bond donors (Lipinski definition) is 0. The first-order chi connectivity index (χ1) is 7.04. The van der Waals surface area contributed by atoms with Crippen molar-refractivity contribution in [2.24, 2.45) is 0 Å². The van der Waals surface area contributed by atoms with Crippen LogP contribution in [-0.2, 0) is 9.05 Å². The number of nitrogens with zero attached hydrogens (tertiary/aromatic N) is 1. The first-order valence-electron chi connectivity index (χ1n) is 4.57. The molecule has 15 heavy (non-hydrogen) atoms. The lowest BCUT2D eigenvalue weighted by Gasteiger charge is -2.04. The van der Waals surface area contributed by atoms with E-state index in [1.165, 1.54) is 18.3 Å². The second kappa shape index (κ2) is 5.32. The van der Waals surface area contributed by atoms with Gasteiger partial charge in [0, 0.05) is 10.7 Å². The van der Waals surface area contributed by atoms with Crippen LogP contribution in [0.2, 0.25) is 0 Å². The summed E-state index contributed by atoms with van der Waals surface area (Å²) in [5, 5.41) is -0.160. The minimum Gasteiger partial charge on any atom is -0.492 e. The van der Waals surface area contributed by atoms with E-state index in [1.54, 1.807) is 0 Å². The molecule has 1 rings (SSSR count). The van der Waals surface area contributed by atoms with Gasteiger partial charge in [-0.25, -0.2) is 13.4 Å². The Morgan fingerprint density at radius 1 is 1.47 bits per heavy atom. The van der Waals surface area contributed by atoms with Crippen molar-refractivity contribution in [3.63, 3.8) is 0 Å². The lowest BCUT2D eigenvalue weighted by molar-refractivity contribution is 0.308. The number of hydrogen-bond acceptors (Lipinski definition) is 4. The van der Waals surface area contributed by atoms with Crippen molar-refractivity contribution >= 4 is 19.7 Å². The molecule has 1 aromatic heterocycles. The SMILES string of the molecule is CCCCOc1ccc(S(=O)(=O)Cl)nc1. The molecule has 0 saturated carbocycles. The third-order valence-electron chi connectivity index (χ3n) is 1.73. The van der Waals surface area contributed by atoms with Gasteiger partial charge in [0.05, 0.1) is 12.8 Å². The molecule has 0 unspecified atom stereocenters. The molecule has 0 aromatic carbocycles. The average molecular weight is 250 g/mol. The van der Waals surface area contributed by atoms with Crippen molar-refractivity contribution in [1.82, 2.24) is 4.98 Å². The minimum atomic E-state index is -3.74. The Morgan fingerprint density at radius 3 is 2.67 bits per heavy atom. The van der Waals surface area contributed by atoms with E-state index in [-0.39, 0.29) is 5.03 Å². The molecule has 6 heteroatoms. The van der Waals surface area contributed by atoms with Crippen LogP contribution in [0, 0.1) is 0 Å². The molecule has 0 radical (unpaired) electrons. The van der Waals surface area contributed by atoms with Crippen molar-refractivity contribution in [3.8, 4) is 5.75 Å². The van der Waals surface area contributed by atoms with Gasteiger partial charge in [-0.2, -0.15) is 0 Å². The van der Waals surface area contributed by atoms with Crippen LogP contribution in [0.4, 0.5) is 0 Å². The molecule has 0 bridgehead atoms. The fraction of sp³-hybridized carbons (Fsp3) is 0.444. The largest absolute Gasteiger partial charge is 0.492 e. The Morgan fingerprint density at radius 2 is 2.20 bits per heavy atom. The highest BCUT2D eigenvalue weighted by Crippen LogP contribution is 2.15. The summed E-state index contributed by atoms with van der Waals surface area (Å²) >= 11 is 0. The Kier molecular flexibility index (Phi) is 4.35. The molecule has 0 amide bonds. The van der Waals surface area contributed by atoms with E-state index in [0.29, 0.717) is 12.4 Å². The summed E-state index contributed by atoms with van der Waals surface area (Å²) in [5.41, 5.74) is 0. The quantitative estimate of drug-likeness (QED) is 0.593. The summed E-state index contributed by atoms with van der Waals surface area (Å²) in [6.07, 6.45) is 3.35. The fourth-order valence-corrected chi connectivity index (χ4v) is 1.61. The maximum absolute atomic E-state index is 10.9. The van der Waals surface area contributed by atoms with E-state index >= 15 is 0 Å². The molecule has 0 N–H and O–H groups in total. The second-order valence-corrected chi connectivity index (χ2v) is 5.48. The first-order valence-corrected chi connectivity index (χ1v) is 6.88. The van der Waals surface area contributed by atoms with E-state index in [9.17, 15) is 8.42 Å². The summed E-state index contributed by atoms with van der Waals surface area (Å²) < 4.78 is 27.0. The topological polar surface area (TPSA) is 56.3 Å². The standard InChI is InChI=1S/C9H12ClNO3S/c1-2-3-6-14-8-4-5-9(11-7-8)15(10,12)13/h4-5,7H,2-3,6H2,1H3. The van der Waals surface area contributed by atoms with Crippen LogP contribution in [0.3, 0.4) is 0 Å². The molecule has 0 aliphatic carbocycles. The molecule has 0 atom stereocenters. The lowest BCUT2D eigenvalue weighted by atomic mass is 10.4. The number of aromatic nitrogens is 1. The summed E-state index contributed by atoms with van der Waals surface area (Å²) in [6, 6.07) is 2.86. The first kappa shape index (κ1) is 12.3. The highest BCUT2D eigenvalue weighted by molar-refractivity contribution is 8.13.